The molecule has 5 heteroatoms. The van der Waals surface area contributed by atoms with Gasteiger partial charge in [0.15, 0.2) is 5.17 Å². The van der Waals surface area contributed by atoms with E-state index in [-0.39, 0.29) is 5.91 Å². The van der Waals surface area contributed by atoms with E-state index >= 15 is 0 Å². The molecule has 1 aromatic rings. The van der Waals surface area contributed by atoms with Crippen molar-refractivity contribution in [3.8, 4) is 0 Å². The van der Waals surface area contributed by atoms with Crippen molar-refractivity contribution in [3.05, 3.63) is 35.0 Å². The first-order valence-corrected chi connectivity index (χ1v) is 6.82. The number of carbonyl (C=O) groups excluding carboxylic acids is 1. The van der Waals surface area contributed by atoms with E-state index in [1.165, 1.54) is 24.6 Å². The molecule has 0 unspecified atom stereocenters. The molecule has 3 heterocycles. The van der Waals surface area contributed by atoms with E-state index in [9.17, 15) is 4.79 Å². The molecule has 1 aromatic heterocycles. The van der Waals surface area contributed by atoms with Gasteiger partial charge in [0.25, 0.3) is 5.91 Å². The first-order chi connectivity index (χ1) is 8.83. The number of amidine groups is 1. The number of thioether (sulfide) groups is 1. The average molecular weight is 259 g/mol. The number of aromatic nitrogens is 1. The monoisotopic (exact) mass is 259 g/mol. The Hall–Kier alpha value is -1.62. The van der Waals surface area contributed by atoms with E-state index in [2.05, 4.69) is 14.9 Å². The molecular formula is C13H13N3OS. The standard InChI is InChI=1S/C13H13N3OS/c17-12-11(9-10-3-5-14-6-4-10)18-13(15-12)16-7-1-2-8-16/h3-6,9H,1-2,7-8H2/b11-9+. The summed E-state index contributed by atoms with van der Waals surface area (Å²) in [4.78, 5) is 22.8. The Morgan fingerprint density at radius 2 is 1.94 bits per heavy atom. The summed E-state index contributed by atoms with van der Waals surface area (Å²) in [6.45, 7) is 2.03. The molecule has 0 spiro atoms. The second kappa shape index (κ2) is 4.94. The van der Waals surface area contributed by atoms with Gasteiger partial charge in [-0.25, -0.2) is 0 Å². The predicted octanol–water partition coefficient (Wildman–Crippen LogP) is 2.15. The van der Waals surface area contributed by atoms with Crippen LogP contribution in [0, 0.1) is 0 Å². The maximum Gasteiger partial charge on any atom is 0.286 e. The molecule has 0 aromatic carbocycles. The molecule has 2 aliphatic rings. The number of pyridine rings is 1. The minimum atomic E-state index is -0.126. The highest BCUT2D eigenvalue weighted by Crippen LogP contribution is 2.31. The molecule has 0 saturated carbocycles. The van der Waals surface area contributed by atoms with Gasteiger partial charge in [-0.15, -0.1) is 0 Å². The first kappa shape index (κ1) is 11.5. The molecule has 4 nitrogen and oxygen atoms in total. The van der Waals surface area contributed by atoms with E-state index in [1.54, 1.807) is 12.4 Å². The van der Waals surface area contributed by atoms with Gasteiger partial charge in [-0.1, -0.05) is 0 Å². The summed E-state index contributed by atoms with van der Waals surface area (Å²) in [7, 11) is 0. The van der Waals surface area contributed by atoms with E-state index < -0.39 is 0 Å². The van der Waals surface area contributed by atoms with Crippen LogP contribution in [0.1, 0.15) is 18.4 Å². The van der Waals surface area contributed by atoms with Crippen LogP contribution in [0.4, 0.5) is 0 Å². The lowest BCUT2D eigenvalue weighted by Gasteiger charge is -2.14. The summed E-state index contributed by atoms with van der Waals surface area (Å²) < 4.78 is 0. The molecule has 0 N–H and O–H groups in total. The van der Waals surface area contributed by atoms with Gasteiger partial charge in [-0.2, -0.15) is 4.99 Å². The van der Waals surface area contributed by atoms with Crippen molar-refractivity contribution in [2.75, 3.05) is 13.1 Å². The number of hydrogen-bond acceptors (Lipinski definition) is 4. The third kappa shape index (κ3) is 2.31. The number of amides is 1. The van der Waals surface area contributed by atoms with Crippen molar-refractivity contribution in [1.29, 1.82) is 0 Å². The molecule has 0 radical (unpaired) electrons. The maximum atomic E-state index is 11.8. The molecule has 2 aliphatic heterocycles. The molecule has 18 heavy (non-hydrogen) atoms. The first-order valence-electron chi connectivity index (χ1n) is 6.00. The topological polar surface area (TPSA) is 45.6 Å². The number of hydrogen-bond donors (Lipinski definition) is 0. The zero-order valence-electron chi connectivity index (χ0n) is 9.87. The van der Waals surface area contributed by atoms with Crippen LogP contribution in [-0.2, 0) is 4.79 Å². The van der Waals surface area contributed by atoms with Crippen molar-refractivity contribution in [2.24, 2.45) is 4.99 Å². The van der Waals surface area contributed by atoms with Crippen LogP contribution in [0.3, 0.4) is 0 Å². The minimum Gasteiger partial charge on any atom is -0.351 e. The van der Waals surface area contributed by atoms with Crippen LogP contribution in [-0.4, -0.2) is 34.0 Å². The van der Waals surface area contributed by atoms with Crippen LogP contribution < -0.4 is 0 Å². The molecular weight excluding hydrogens is 246 g/mol. The Morgan fingerprint density at radius 1 is 1.22 bits per heavy atom. The lowest BCUT2D eigenvalue weighted by Crippen LogP contribution is -2.23. The average Bonchev–Trinajstić information content (AvgIpc) is 3.01. The van der Waals surface area contributed by atoms with Crippen molar-refractivity contribution < 1.29 is 4.79 Å². The van der Waals surface area contributed by atoms with Gasteiger partial charge in [0, 0.05) is 25.5 Å². The maximum absolute atomic E-state index is 11.8. The Kier molecular flexibility index (Phi) is 3.15. The van der Waals surface area contributed by atoms with Crippen LogP contribution in [0.2, 0.25) is 0 Å². The van der Waals surface area contributed by atoms with E-state index in [1.807, 2.05) is 18.2 Å². The second-order valence-corrected chi connectivity index (χ2v) is 5.29. The summed E-state index contributed by atoms with van der Waals surface area (Å²) in [5, 5.41) is 0.859. The fourth-order valence-corrected chi connectivity index (χ4v) is 3.02. The van der Waals surface area contributed by atoms with Gasteiger partial charge in [0.2, 0.25) is 0 Å². The quantitative estimate of drug-likeness (QED) is 0.725. The smallest absolute Gasteiger partial charge is 0.286 e. The summed E-state index contributed by atoms with van der Waals surface area (Å²) in [6.07, 6.45) is 7.70. The number of likely N-dealkylation sites (tertiary alicyclic amines) is 1. The van der Waals surface area contributed by atoms with Crippen molar-refractivity contribution in [3.63, 3.8) is 0 Å². The molecule has 1 amide bonds. The van der Waals surface area contributed by atoms with Crippen LogP contribution in [0.5, 0.6) is 0 Å². The van der Waals surface area contributed by atoms with Crippen molar-refractivity contribution >= 4 is 28.9 Å². The van der Waals surface area contributed by atoms with Crippen molar-refractivity contribution in [1.82, 2.24) is 9.88 Å². The molecule has 3 rings (SSSR count). The number of carbonyl (C=O) groups is 1. The van der Waals surface area contributed by atoms with Crippen molar-refractivity contribution in [2.45, 2.75) is 12.8 Å². The Labute approximate surface area is 110 Å². The highest BCUT2D eigenvalue weighted by molar-refractivity contribution is 8.18. The van der Waals surface area contributed by atoms with E-state index in [4.69, 9.17) is 0 Å². The fraction of sp³-hybridized carbons (Fsp3) is 0.308. The Balaban J connectivity index is 1.77. The molecule has 92 valence electrons. The largest absolute Gasteiger partial charge is 0.351 e. The van der Waals surface area contributed by atoms with E-state index in [0.29, 0.717) is 4.91 Å². The third-order valence-electron chi connectivity index (χ3n) is 2.99. The zero-order chi connectivity index (χ0) is 12.4. The fourth-order valence-electron chi connectivity index (χ4n) is 2.05. The molecule has 0 atom stereocenters. The van der Waals surface area contributed by atoms with Crippen LogP contribution >= 0.6 is 11.8 Å². The summed E-state index contributed by atoms with van der Waals surface area (Å²) >= 11 is 1.48. The normalized spacial score (nSPS) is 21.8. The van der Waals surface area contributed by atoms with Gasteiger partial charge in [-0.3, -0.25) is 9.78 Å². The lowest BCUT2D eigenvalue weighted by atomic mass is 10.2. The molecule has 0 bridgehead atoms. The van der Waals surface area contributed by atoms with Gasteiger partial charge in [0.05, 0.1) is 4.91 Å². The van der Waals surface area contributed by atoms with Crippen LogP contribution in [0.25, 0.3) is 6.08 Å². The second-order valence-electron chi connectivity index (χ2n) is 4.28. The highest BCUT2D eigenvalue weighted by atomic mass is 32.2. The summed E-state index contributed by atoms with van der Waals surface area (Å²) in [5.41, 5.74) is 0.985. The number of aliphatic imine (C=N–C) groups is 1. The highest BCUT2D eigenvalue weighted by Gasteiger charge is 2.27. The number of nitrogens with zero attached hydrogens (tertiary/aromatic N) is 3. The van der Waals surface area contributed by atoms with E-state index in [0.717, 1.165) is 23.8 Å². The number of rotatable bonds is 1. The summed E-state index contributed by atoms with van der Waals surface area (Å²) in [5.74, 6) is -0.126. The van der Waals surface area contributed by atoms with Gasteiger partial charge >= 0.3 is 0 Å². The van der Waals surface area contributed by atoms with Crippen LogP contribution in [0.15, 0.2) is 34.4 Å². The third-order valence-corrected chi connectivity index (χ3v) is 4.03. The summed E-state index contributed by atoms with van der Waals surface area (Å²) in [6, 6.07) is 3.77. The minimum absolute atomic E-state index is 0.126. The van der Waals surface area contributed by atoms with Gasteiger partial charge in [0.1, 0.15) is 0 Å². The zero-order valence-corrected chi connectivity index (χ0v) is 10.7. The molecule has 0 aliphatic carbocycles. The predicted molar refractivity (Wildman–Crippen MR) is 73.1 cm³/mol. The van der Waals surface area contributed by atoms with Gasteiger partial charge < -0.3 is 4.90 Å². The SMILES string of the molecule is O=C1N=C(N2CCCC2)S/C1=C/c1ccncc1. The Bertz CT molecular complexity index is 518. The molecule has 1 fully saturated rings. The lowest BCUT2D eigenvalue weighted by molar-refractivity contribution is -0.113. The molecule has 1 saturated heterocycles. The van der Waals surface area contributed by atoms with Gasteiger partial charge in [-0.05, 0) is 48.4 Å². The Morgan fingerprint density at radius 3 is 2.67 bits per heavy atom.